The van der Waals surface area contributed by atoms with Gasteiger partial charge in [-0.2, -0.15) is 0 Å². The molecule has 21 heavy (non-hydrogen) atoms. The first-order valence-corrected chi connectivity index (χ1v) is 6.82. The minimum Gasteiger partial charge on any atom is -0.481 e. The molecule has 1 fully saturated rings. The molecule has 0 atom stereocenters. The number of carbonyl (C=O) groups excluding carboxylic acids is 2. The average Bonchev–Trinajstić information content (AvgIpc) is 3.20. The van der Waals surface area contributed by atoms with Crippen LogP contribution < -0.4 is 10.6 Å². The summed E-state index contributed by atoms with van der Waals surface area (Å²) in [6.45, 7) is 1.69. The Morgan fingerprint density at radius 3 is 2.29 bits per heavy atom. The fourth-order valence-electron chi connectivity index (χ4n) is 2.20. The maximum Gasteiger partial charge on any atom is 0.314 e. The highest BCUT2D eigenvalue weighted by Crippen LogP contribution is 2.48. The van der Waals surface area contributed by atoms with Crippen molar-refractivity contribution in [2.45, 2.75) is 31.6 Å². The molecule has 0 aliphatic heterocycles. The quantitative estimate of drug-likeness (QED) is 0.735. The number of benzene rings is 1. The second kappa shape index (κ2) is 5.95. The van der Waals surface area contributed by atoms with Crippen LogP contribution in [0.15, 0.2) is 24.3 Å². The standard InChI is InChI=1S/C15H18N2O4/c1-10(18)16-9-6-13(19)17-12-4-2-11(3-5-12)15(7-8-15)14(20)21/h2-5H,6-9H2,1H3,(H,16,18)(H,17,19)(H,20,21). The number of hydrogen-bond donors (Lipinski definition) is 3. The topological polar surface area (TPSA) is 95.5 Å². The Bertz CT molecular complexity index is 562. The van der Waals surface area contributed by atoms with Gasteiger partial charge in [-0.1, -0.05) is 12.1 Å². The molecule has 1 aliphatic carbocycles. The van der Waals surface area contributed by atoms with E-state index >= 15 is 0 Å². The zero-order valence-electron chi connectivity index (χ0n) is 11.8. The Morgan fingerprint density at radius 1 is 1.19 bits per heavy atom. The summed E-state index contributed by atoms with van der Waals surface area (Å²) in [5, 5.41) is 14.5. The number of carboxylic acids is 1. The highest BCUT2D eigenvalue weighted by Gasteiger charge is 2.51. The molecule has 6 heteroatoms. The SMILES string of the molecule is CC(=O)NCCC(=O)Nc1ccc(C2(C(=O)O)CC2)cc1. The summed E-state index contributed by atoms with van der Waals surface area (Å²) in [5.74, 6) is -1.17. The van der Waals surface area contributed by atoms with Gasteiger partial charge in [0.05, 0.1) is 5.41 Å². The van der Waals surface area contributed by atoms with E-state index in [4.69, 9.17) is 0 Å². The number of hydrogen-bond acceptors (Lipinski definition) is 3. The van der Waals surface area contributed by atoms with Crippen LogP contribution in [0.4, 0.5) is 5.69 Å². The third-order valence-corrected chi connectivity index (χ3v) is 3.61. The molecule has 1 aromatic rings. The van der Waals surface area contributed by atoms with Crippen molar-refractivity contribution in [1.82, 2.24) is 5.32 Å². The van der Waals surface area contributed by atoms with Crippen LogP contribution >= 0.6 is 0 Å². The smallest absolute Gasteiger partial charge is 0.314 e. The summed E-state index contributed by atoms with van der Waals surface area (Å²) >= 11 is 0. The summed E-state index contributed by atoms with van der Waals surface area (Å²) in [6, 6.07) is 6.89. The molecule has 3 N–H and O–H groups in total. The van der Waals surface area contributed by atoms with Crippen LogP contribution in [0.3, 0.4) is 0 Å². The molecular formula is C15H18N2O4. The third kappa shape index (κ3) is 3.59. The van der Waals surface area contributed by atoms with Gasteiger partial charge in [-0.25, -0.2) is 0 Å². The average molecular weight is 290 g/mol. The molecule has 0 heterocycles. The fourth-order valence-corrected chi connectivity index (χ4v) is 2.20. The van der Waals surface area contributed by atoms with Crippen LogP contribution in [0, 0.1) is 0 Å². The van der Waals surface area contributed by atoms with Crippen LogP contribution in [0.1, 0.15) is 31.7 Å². The van der Waals surface area contributed by atoms with Gasteiger partial charge in [0.1, 0.15) is 0 Å². The van der Waals surface area contributed by atoms with Crippen molar-refractivity contribution in [3.8, 4) is 0 Å². The van der Waals surface area contributed by atoms with Gasteiger partial charge < -0.3 is 15.7 Å². The number of aliphatic carboxylic acids is 1. The molecule has 6 nitrogen and oxygen atoms in total. The number of carboxylic acid groups (broad SMARTS) is 1. The van der Waals surface area contributed by atoms with Crippen LogP contribution in [-0.2, 0) is 19.8 Å². The lowest BCUT2D eigenvalue weighted by Gasteiger charge is -2.11. The van der Waals surface area contributed by atoms with Crippen molar-refractivity contribution < 1.29 is 19.5 Å². The second-order valence-electron chi connectivity index (χ2n) is 5.25. The maximum absolute atomic E-state index is 11.6. The molecule has 1 aromatic carbocycles. The zero-order chi connectivity index (χ0) is 15.5. The summed E-state index contributed by atoms with van der Waals surface area (Å²) in [4.78, 5) is 33.5. The Morgan fingerprint density at radius 2 is 1.81 bits per heavy atom. The van der Waals surface area contributed by atoms with Crippen molar-refractivity contribution in [2.75, 3.05) is 11.9 Å². The van der Waals surface area contributed by atoms with Crippen LogP contribution in [0.25, 0.3) is 0 Å². The van der Waals surface area contributed by atoms with Crippen molar-refractivity contribution in [3.05, 3.63) is 29.8 Å². The van der Waals surface area contributed by atoms with Crippen molar-refractivity contribution in [1.29, 1.82) is 0 Å². The lowest BCUT2D eigenvalue weighted by atomic mass is 9.96. The van der Waals surface area contributed by atoms with Crippen molar-refractivity contribution in [3.63, 3.8) is 0 Å². The lowest BCUT2D eigenvalue weighted by Crippen LogP contribution is -2.25. The molecule has 0 bridgehead atoms. The summed E-state index contributed by atoms with van der Waals surface area (Å²) in [7, 11) is 0. The molecule has 0 saturated heterocycles. The molecule has 0 unspecified atom stereocenters. The van der Waals surface area contributed by atoms with E-state index in [2.05, 4.69) is 10.6 Å². The third-order valence-electron chi connectivity index (χ3n) is 3.61. The van der Waals surface area contributed by atoms with Gasteiger partial charge in [0.25, 0.3) is 0 Å². The summed E-state index contributed by atoms with van der Waals surface area (Å²) in [6.07, 6.45) is 1.51. The minimum absolute atomic E-state index is 0.171. The van der Waals surface area contributed by atoms with E-state index in [-0.39, 0.29) is 18.2 Å². The maximum atomic E-state index is 11.6. The fraction of sp³-hybridized carbons (Fsp3) is 0.400. The van der Waals surface area contributed by atoms with E-state index in [0.717, 1.165) is 5.56 Å². The van der Waals surface area contributed by atoms with Gasteiger partial charge in [-0.15, -0.1) is 0 Å². The molecular weight excluding hydrogens is 272 g/mol. The normalized spacial score (nSPS) is 15.1. The van der Waals surface area contributed by atoms with Crippen molar-refractivity contribution >= 4 is 23.5 Å². The highest BCUT2D eigenvalue weighted by atomic mass is 16.4. The van der Waals surface area contributed by atoms with Crippen LogP contribution in [-0.4, -0.2) is 29.4 Å². The largest absolute Gasteiger partial charge is 0.481 e. The van der Waals surface area contributed by atoms with E-state index in [1.807, 2.05) is 0 Å². The van der Waals surface area contributed by atoms with E-state index in [0.29, 0.717) is 25.1 Å². The Kier molecular flexibility index (Phi) is 4.26. The minimum atomic E-state index is -0.797. The predicted molar refractivity (Wildman–Crippen MR) is 76.9 cm³/mol. The summed E-state index contributed by atoms with van der Waals surface area (Å²) < 4.78 is 0. The number of amides is 2. The predicted octanol–water partition coefficient (Wildman–Crippen LogP) is 1.27. The van der Waals surface area contributed by atoms with Gasteiger partial charge in [0, 0.05) is 25.6 Å². The molecule has 1 aliphatic rings. The highest BCUT2D eigenvalue weighted by molar-refractivity contribution is 5.91. The van der Waals surface area contributed by atoms with Gasteiger partial charge in [-0.05, 0) is 30.5 Å². The van der Waals surface area contributed by atoms with Gasteiger partial charge in [0.15, 0.2) is 0 Å². The van der Waals surface area contributed by atoms with E-state index in [1.165, 1.54) is 6.92 Å². The first kappa shape index (κ1) is 15.0. The van der Waals surface area contributed by atoms with E-state index in [1.54, 1.807) is 24.3 Å². The first-order chi connectivity index (χ1) is 9.94. The molecule has 2 rings (SSSR count). The Labute approximate surface area is 122 Å². The zero-order valence-corrected chi connectivity index (χ0v) is 11.8. The molecule has 0 aromatic heterocycles. The lowest BCUT2D eigenvalue weighted by molar-refractivity contribution is -0.140. The summed E-state index contributed by atoms with van der Waals surface area (Å²) in [5.41, 5.74) is 0.660. The van der Waals surface area contributed by atoms with Gasteiger partial charge >= 0.3 is 5.97 Å². The van der Waals surface area contributed by atoms with Gasteiger partial charge in [-0.3, -0.25) is 14.4 Å². The number of nitrogens with one attached hydrogen (secondary N) is 2. The monoisotopic (exact) mass is 290 g/mol. The molecule has 0 radical (unpaired) electrons. The Hall–Kier alpha value is -2.37. The molecule has 1 saturated carbocycles. The first-order valence-electron chi connectivity index (χ1n) is 6.82. The number of carbonyl (C=O) groups is 3. The van der Waals surface area contributed by atoms with Crippen LogP contribution in [0.5, 0.6) is 0 Å². The number of rotatable bonds is 6. The van der Waals surface area contributed by atoms with Crippen molar-refractivity contribution in [2.24, 2.45) is 0 Å². The second-order valence-corrected chi connectivity index (χ2v) is 5.25. The Balaban J connectivity index is 1.89. The van der Waals surface area contributed by atoms with E-state index in [9.17, 15) is 19.5 Å². The number of anilines is 1. The van der Waals surface area contributed by atoms with Gasteiger partial charge in [0.2, 0.25) is 11.8 Å². The van der Waals surface area contributed by atoms with Crippen LogP contribution in [0.2, 0.25) is 0 Å². The molecule has 112 valence electrons. The van der Waals surface area contributed by atoms with E-state index < -0.39 is 11.4 Å². The molecule has 0 spiro atoms. The molecule has 2 amide bonds.